The van der Waals surface area contributed by atoms with Crippen molar-refractivity contribution in [3.63, 3.8) is 0 Å². The highest BCUT2D eigenvalue weighted by molar-refractivity contribution is 5.88. The molecule has 1 N–H and O–H groups in total. The van der Waals surface area contributed by atoms with Crippen LogP contribution < -0.4 is 0 Å². The highest BCUT2D eigenvalue weighted by Gasteiger charge is 2.26. The lowest BCUT2D eigenvalue weighted by Crippen LogP contribution is -2.43. The molecule has 7 nitrogen and oxygen atoms in total. The lowest BCUT2D eigenvalue weighted by atomic mass is 10.1. The summed E-state index contributed by atoms with van der Waals surface area (Å²) in [5.74, 6) is 0.103. The number of para-hydroxylation sites is 1. The number of aromatic amines is 1. The van der Waals surface area contributed by atoms with Gasteiger partial charge in [-0.3, -0.25) is 9.78 Å². The van der Waals surface area contributed by atoms with Gasteiger partial charge in [-0.25, -0.2) is 9.97 Å². The smallest absolute Gasteiger partial charge is 0.227 e. The molecular formula is C23H21N5O2. The van der Waals surface area contributed by atoms with Crippen LogP contribution in [0.15, 0.2) is 67.5 Å². The van der Waals surface area contributed by atoms with Crippen LogP contribution in [0.4, 0.5) is 0 Å². The number of fused-ring (bicyclic) bond motifs is 1. The third kappa shape index (κ3) is 3.67. The third-order valence-electron chi connectivity index (χ3n) is 5.45. The molecule has 0 radical (unpaired) electrons. The number of ether oxygens (including phenoxy) is 1. The first kappa shape index (κ1) is 18.4. The van der Waals surface area contributed by atoms with Crippen LogP contribution in [0.3, 0.4) is 0 Å². The van der Waals surface area contributed by atoms with E-state index in [0.29, 0.717) is 26.1 Å². The van der Waals surface area contributed by atoms with E-state index >= 15 is 0 Å². The van der Waals surface area contributed by atoms with E-state index in [1.54, 1.807) is 18.6 Å². The minimum absolute atomic E-state index is 0.103. The quantitative estimate of drug-likeness (QED) is 0.570. The minimum Gasteiger partial charge on any atom is -0.368 e. The predicted molar refractivity (Wildman–Crippen MR) is 113 cm³/mol. The first-order valence-electron chi connectivity index (χ1n) is 9.93. The molecule has 0 aliphatic carbocycles. The van der Waals surface area contributed by atoms with Crippen molar-refractivity contribution >= 4 is 16.8 Å². The molecule has 0 bridgehead atoms. The van der Waals surface area contributed by atoms with Crippen molar-refractivity contribution in [1.29, 1.82) is 0 Å². The summed E-state index contributed by atoms with van der Waals surface area (Å²) in [5.41, 5.74) is 4.75. The first-order valence-corrected chi connectivity index (χ1v) is 9.93. The Kier molecular flexibility index (Phi) is 4.94. The number of hydrogen-bond acceptors (Lipinski definition) is 5. The molecule has 30 heavy (non-hydrogen) atoms. The molecule has 7 heteroatoms. The number of benzene rings is 1. The van der Waals surface area contributed by atoms with E-state index < -0.39 is 0 Å². The van der Waals surface area contributed by atoms with Crippen LogP contribution in [-0.4, -0.2) is 50.4 Å². The van der Waals surface area contributed by atoms with Gasteiger partial charge in [0.2, 0.25) is 5.91 Å². The number of hydrogen-bond donors (Lipinski definition) is 1. The van der Waals surface area contributed by atoms with Gasteiger partial charge in [-0.1, -0.05) is 24.3 Å². The summed E-state index contributed by atoms with van der Waals surface area (Å²) in [7, 11) is 0. The summed E-state index contributed by atoms with van der Waals surface area (Å²) >= 11 is 0. The van der Waals surface area contributed by atoms with E-state index in [1.165, 1.54) is 6.33 Å². The molecule has 1 amide bonds. The van der Waals surface area contributed by atoms with Crippen LogP contribution in [0, 0.1) is 0 Å². The number of pyridine rings is 1. The van der Waals surface area contributed by atoms with Crippen molar-refractivity contribution in [3.05, 3.63) is 78.8 Å². The van der Waals surface area contributed by atoms with Crippen molar-refractivity contribution in [2.45, 2.75) is 12.5 Å². The van der Waals surface area contributed by atoms with Crippen molar-refractivity contribution in [3.8, 4) is 11.1 Å². The Hall–Kier alpha value is -3.58. The van der Waals surface area contributed by atoms with Crippen LogP contribution in [0.25, 0.3) is 22.0 Å². The van der Waals surface area contributed by atoms with E-state index in [-0.39, 0.29) is 12.0 Å². The van der Waals surface area contributed by atoms with Gasteiger partial charge in [-0.05, 0) is 17.7 Å². The molecule has 4 aromatic rings. The van der Waals surface area contributed by atoms with Gasteiger partial charge >= 0.3 is 0 Å². The summed E-state index contributed by atoms with van der Waals surface area (Å²) in [6.07, 6.45) is 8.88. The standard InChI is InChI=1S/C23H21N5O2/c29-23(9-17-13-26-20-4-2-1-3-19(17)20)28-7-8-30-22(14-28)21-6-5-16(12-27-21)18-10-24-15-25-11-18/h1-6,10-13,15,22,26H,7-9,14H2. The highest BCUT2D eigenvalue weighted by atomic mass is 16.5. The van der Waals surface area contributed by atoms with E-state index in [2.05, 4.69) is 19.9 Å². The molecule has 1 saturated heterocycles. The lowest BCUT2D eigenvalue weighted by molar-refractivity contribution is -0.138. The van der Waals surface area contributed by atoms with E-state index in [0.717, 1.165) is 33.3 Å². The van der Waals surface area contributed by atoms with Crippen molar-refractivity contribution in [2.24, 2.45) is 0 Å². The monoisotopic (exact) mass is 399 g/mol. The number of H-pyrrole nitrogens is 1. The molecule has 5 rings (SSSR count). The van der Waals surface area contributed by atoms with Gasteiger partial charge in [0, 0.05) is 53.4 Å². The van der Waals surface area contributed by atoms with E-state index in [4.69, 9.17) is 4.74 Å². The minimum atomic E-state index is -0.230. The molecular weight excluding hydrogens is 378 g/mol. The number of nitrogens with one attached hydrogen (secondary N) is 1. The van der Waals surface area contributed by atoms with Gasteiger partial charge in [0.1, 0.15) is 12.4 Å². The maximum atomic E-state index is 12.9. The third-order valence-corrected chi connectivity index (χ3v) is 5.45. The molecule has 150 valence electrons. The molecule has 1 aliphatic heterocycles. The molecule has 1 fully saturated rings. The van der Waals surface area contributed by atoms with Gasteiger partial charge in [-0.15, -0.1) is 0 Å². The van der Waals surface area contributed by atoms with Crippen LogP contribution >= 0.6 is 0 Å². The van der Waals surface area contributed by atoms with Gasteiger partial charge in [-0.2, -0.15) is 0 Å². The zero-order valence-electron chi connectivity index (χ0n) is 16.4. The molecule has 3 aromatic heterocycles. The highest BCUT2D eigenvalue weighted by Crippen LogP contribution is 2.25. The second-order valence-corrected chi connectivity index (χ2v) is 7.33. The Morgan fingerprint density at radius 1 is 1.10 bits per heavy atom. The Morgan fingerprint density at radius 2 is 1.97 bits per heavy atom. The second kappa shape index (κ2) is 8.04. The van der Waals surface area contributed by atoms with Crippen molar-refractivity contribution < 1.29 is 9.53 Å². The van der Waals surface area contributed by atoms with Crippen LogP contribution in [0.5, 0.6) is 0 Å². The van der Waals surface area contributed by atoms with Crippen molar-refractivity contribution in [2.75, 3.05) is 19.7 Å². The fraction of sp³-hybridized carbons (Fsp3) is 0.217. The van der Waals surface area contributed by atoms with Crippen LogP contribution in [-0.2, 0) is 16.0 Å². The molecule has 4 heterocycles. The zero-order valence-corrected chi connectivity index (χ0v) is 16.4. The number of morpholine rings is 1. The Morgan fingerprint density at radius 3 is 2.80 bits per heavy atom. The number of amides is 1. The summed E-state index contributed by atoms with van der Waals surface area (Å²) < 4.78 is 5.91. The normalized spacial score (nSPS) is 16.7. The SMILES string of the molecule is O=C(Cc1c[nH]c2ccccc12)N1CCOC(c2ccc(-c3cncnc3)cn2)C1. The van der Waals surface area contributed by atoms with Gasteiger partial charge in [0.25, 0.3) is 0 Å². The van der Waals surface area contributed by atoms with Gasteiger partial charge in [0.05, 0.1) is 25.3 Å². The number of aromatic nitrogens is 4. The number of nitrogens with zero attached hydrogens (tertiary/aromatic N) is 4. The summed E-state index contributed by atoms with van der Waals surface area (Å²) in [6, 6.07) is 12.0. The molecule has 1 atom stereocenters. The van der Waals surface area contributed by atoms with Crippen LogP contribution in [0.2, 0.25) is 0 Å². The Bertz CT molecular complexity index is 1160. The number of rotatable bonds is 4. The molecule has 0 spiro atoms. The van der Waals surface area contributed by atoms with Crippen LogP contribution in [0.1, 0.15) is 17.4 Å². The average molecular weight is 399 g/mol. The van der Waals surface area contributed by atoms with E-state index in [1.807, 2.05) is 47.5 Å². The Balaban J connectivity index is 1.28. The zero-order chi connectivity index (χ0) is 20.3. The maximum Gasteiger partial charge on any atom is 0.227 e. The first-order chi connectivity index (χ1) is 14.8. The summed E-state index contributed by atoms with van der Waals surface area (Å²) in [5, 5.41) is 1.10. The number of carbonyl (C=O) groups excluding carboxylic acids is 1. The molecule has 0 saturated carbocycles. The second-order valence-electron chi connectivity index (χ2n) is 7.33. The Labute approximate surface area is 173 Å². The molecule has 1 unspecified atom stereocenters. The lowest BCUT2D eigenvalue weighted by Gasteiger charge is -2.32. The topological polar surface area (TPSA) is 84.0 Å². The molecule has 1 aliphatic rings. The summed E-state index contributed by atoms with van der Waals surface area (Å²) in [6.45, 7) is 1.60. The molecule has 1 aromatic carbocycles. The van der Waals surface area contributed by atoms with Crippen molar-refractivity contribution in [1.82, 2.24) is 24.8 Å². The number of carbonyl (C=O) groups is 1. The van der Waals surface area contributed by atoms with Gasteiger partial charge in [0.15, 0.2) is 0 Å². The van der Waals surface area contributed by atoms with Gasteiger partial charge < -0.3 is 14.6 Å². The average Bonchev–Trinajstić information content (AvgIpc) is 3.23. The predicted octanol–water partition coefficient (Wildman–Crippen LogP) is 3.16. The van der Waals surface area contributed by atoms with E-state index in [9.17, 15) is 4.79 Å². The fourth-order valence-corrected chi connectivity index (χ4v) is 3.82. The summed E-state index contributed by atoms with van der Waals surface area (Å²) in [4.78, 5) is 30.7. The largest absolute Gasteiger partial charge is 0.368 e. The maximum absolute atomic E-state index is 12.9. The fourth-order valence-electron chi connectivity index (χ4n) is 3.82.